The molecule has 0 heterocycles. The third-order valence-electron chi connectivity index (χ3n) is 5.46. The van der Waals surface area contributed by atoms with Gasteiger partial charge in [0, 0.05) is 22.9 Å². The minimum absolute atomic E-state index is 0.0212. The lowest BCUT2D eigenvalue weighted by molar-refractivity contribution is -0.140. The van der Waals surface area contributed by atoms with E-state index in [1.165, 1.54) is 14.0 Å². The van der Waals surface area contributed by atoms with Crippen LogP contribution in [-0.4, -0.2) is 40.8 Å². The zero-order valence-corrected chi connectivity index (χ0v) is 16.8. The summed E-state index contributed by atoms with van der Waals surface area (Å²) in [6.45, 7) is -1.20. The van der Waals surface area contributed by atoms with Crippen LogP contribution >= 0.6 is 0 Å². The lowest BCUT2D eigenvalue weighted by atomic mass is 9.88. The summed E-state index contributed by atoms with van der Waals surface area (Å²) in [5.74, 6) is -0.0531. The molecule has 0 aromatic carbocycles. The highest BCUT2D eigenvalue weighted by Crippen LogP contribution is 2.37. The summed E-state index contributed by atoms with van der Waals surface area (Å²) in [4.78, 5) is 22.3. The predicted molar refractivity (Wildman–Crippen MR) is 106 cm³/mol. The number of carbonyl (C=O) groups excluding carboxylic acids is 2. The number of Topliss-reactive ketones (excluding diaryl/α,β-unsaturated/α-hetero) is 1. The van der Waals surface area contributed by atoms with Crippen LogP contribution in [0.4, 0.5) is 0 Å². The first-order valence-electron chi connectivity index (χ1n) is 11.6. The molecule has 156 valence electrons. The molecule has 1 aliphatic rings. The van der Waals surface area contributed by atoms with Crippen LogP contribution in [0, 0.1) is 11.8 Å². The van der Waals surface area contributed by atoms with Crippen LogP contribution in [0.15, 0.2) is 12.2 Å². The molecule has 0 bridgehead atoms. The zero-order chi connectivity index (χ0) is 22.8. The number of methoxy groups -OCH3 is 1. The van der Waals surface area contributed by atoms with Gasteiger partial charge in [0.25, 0.3) is 0 Å². The monoisotopic (exact) mass is 385 g/mol. The molecule has 27 heavy (non-hydrogen) atoms. The molecule has 0 radical (unpaired) electrons. The highest BCUT2D eigenvalue weighted by Gasteiger charge is 2.32. The van der Waals surface area contributed by atoms with Crippen molar-refractivity contribution >= 4 is 11.8 Å². The Kier molecular flexibility index (Phi) is 8.71. The average Bonchev–Trinajstić information content (AvgIpc) is 3.01. The number of carbonyl (C=O) groups is 2. The van der Waals surface area contributed by atoms with Gasteiger partial charge in [0.05, 0.1) is 18.8 Å². The van der Waals surface area contributed by atoms with E-state index < -0.39 is 18.6 Å². The van der Waals surface area contributed by atoms with Crippen molar-refractivity contribution in [2.45, 2.75) is 96.1 Å². The van der Waals surface area contributed by atoms with E-state index in [9.17, 15) is 19.8 Å². The number of unbranched alkanes of at least 4 members (excludes halogenated alkanes) is 3. The van der Waals surface area contributed by atoms with Crippen molar-refractivity contribution in [1.29, 1.82) is 0 Å². The number of rotatable bonds is 13. The number of hydrogen-bond donors (Lipinski definition) is 2. The molecule has 0 aliphatic heterocycles. The van der Waals surface area contributed by atoms with Crippen LogP contribution in [-0.2, 0) is 14.3 Å². The Morgan fingerprint density at radius 1 is 1.22 bits per heavy atom. The largest absolute Gasteiger partial charge is 0.469 e. The van der Waals surface area contributed by atoms with Crippen LogP contribution < -0.4 is 0 Å². The van der Waals surface area contributed by atoms with Crippen LogP contribution in [0.5, 0.6) is 0 Å². The molecule has 5 nitrogen and oxygen atoms in total. The van der Waals surface area contributed by atoms with Gasteiger partial charge in [-0.15, -0.1) is 0 Å². The summed E-state index contributed by atoms with van der Waals surface area (Å²) in [6.07, 6.45) is 9.77. The molecule has 1 fully saturated rings. The van der Waals surface area contributed by atoms with E-state index in [1.807, 2.05) is 6.08 Å². The fraction of sp³-hybridized carbons (Fsp3) is 0.818. The number of esters is 1. The van der Waals surface area contributed by atoms with Gasteiger partial charge in [-0.05, 0) is 58.2 Å². The Morgan fingerprint density at radius 2 is 1.96 bits per heavy atom. The first-order valence-corrected chi connectivity index (χ1v) is 10.1. The van der Waals surface area contributed by atoms with Gasteiger partial charge in [-0.1, -0.05) is 31.4 Å². The predicted octanol–water partition coefficient (Wildman–Crippen LogP) is 3.95. The highest BCUT2D eigenvalue weighted by atomic mass is 16.5. The number of hydrogen-bond acceptors (Lipinski definition) is 5. The van der Waals surface area contributed by atoms with E-state index >= 15 is 0 Å². The Morgan fingerprint density at radius 3 is 2.63 bits per heavy atom. The second-order valence-electron chi connectivity index (χ2n) is 7.88. The molecular weight excluding hydrogens is 344 g/mol. The number of aliphatic hydroxyl groups is 2. The zero-order valence-electron chi connectivity index (χ0n) is 19.8. The molecule has 0 aromatic rings. The number of ketones is 1. The standard InChI is InChI=1S/C22H38O5/c1-17(23)14-16-22(2,26)15-8-10-19-18(12-13-20(19)24)9-6-4-5-7-11-21(25)27-3/h8,10,18-20,24,26H,4-7,9,11-16H2,1-3H3/b10-8+/t18-,19+,20+,22?/m0/s1/i2D3. The van der Waals surface area contributed by atoms with Gasteiger partial charge < -0.3 is 19.7 Å². The topological polar surface area (TPSA) is 83.8 Å². The van der Waals surface area contributed by atoms with Gasteiger partial charge in [-0.3, -0.25) is 4.79 Å². The summed E-state index contributed by atoms with van der Waals surface area (Å²) >= 11 is 0. The molecule has 0 saturated heterocycles. The first kappa shape index (κ1) is 19.1. The molecule has 1 rings (SSSR count). The molecule has 5 heteroatoms. The second-order valence-corrected chi connectivity index (χ2v) is 7.88. The molecule has 4 atom stereocenters. The van der Waals surface area contributed by atoms with Crippen LogP contribution in [0.3, 0.4) is 0 Å². The van der Waals surface area contributed by atoms with Crippen molar-refractivity contribution in [1.82, 2.24) is 0 Å². The second kappa shape index (κ2) is 12.3. The van der Waals surface area contributed by atoms with Crippen molar-refractivity contribution in [3.05, 3.63) is 12.2 Å². The minimum Gasteiger partial charge on any atom is -0.469 e. The maximum absolute atomic E-state index is 11.2. The first-order chi connectivity index (χ1) is 14.0. The summed E-state index contributed by atoms with van der Waals surface area (Å²) in [5, 5.41) is 21.0. The SMILES string of the molecule is [2H]C([2H])([2H])C(O)(C/C=C/[C@@H]1[C@@H](CCCCCCC(=O)OC)CC[C@H]1O)CCC(C)=O. The molecule has 0 amide bonds. The molecule has 0 spiro atoms. The van der Waals surface area contributed by atoms with Crippen molar-refractivity contribution in [3.63, 3.8) is 0 Å². The van der Waals surface area contributed by atoms with Crippen molar-refractivity contribution in [2.24, 2.45) is 11.8 Å². The molecular formula is C22H38O5. The average molecular weight is 386 g/mol. The molecule has 0 aromatic heterocycles. The van der Waals surface area contributed by atoms with Gasteiger partial charge in [-0.2, -0.15) is 0 Å². The molecule has 1 unspecified atom stereocenters. The summed E-state index contributed by atoms with van der Waals surface area (Å²) in [7, 11) is 1.39. The smallest absolute Gasteiger partial charge is 0.305 e. The van der Waals surface area contributed by atoms with Crippen molar-refractivity contribution in [3.8, 4) is 0 Å². The van der Waals surface area contributed by atoms with Crippen LogP contribution in [0.25, 0.3) is 0 Å². The van der Waals surface area contributed by atoms with E-state index in [1.54, 1.807) is 6.08 Å². The quantitative estimate of drug-likeness (QED) is 0.285. The minimum atomic E-state index is -2.58. The Bertz CT molecular complexity index is 576. The maximum Gasteiger partial charge on any atom is 0.305 e. The van der Waals surface area contributed by atoms with E-state index in [2.05, 4.69) is 4.74 Å². The Balaban J connectivity index is 2.54. The molecule has 2 N–H and O–H groups in total. The normalized spacial score (nSPS) is 27.0. The highest BCUT2D eigenvalue weighted by molar-refractivity contribution is 5.75. The van der Waals surface area contributed by atoms with Crippen LogP contribution in [0.2, 0.25) is 0 Å². The van der Waals surface area contributed by atoms with Crippen LogP contribution in [0.1, 0.15) is 88.5 Å². The van der Waals surface area contributed by atoms with Gasteiger partial charge in [0.1, 0.15) is 5.78 Å². The van der Waals surface area contributed by atoms with Gasteiger partial charge in [0.15, 0.2) is 0 Å². The summed E-state index contributed by atoms with van der Waals surface area (Å²) < 4.78 is 27.6. The van der Waals surface area contributed by atoms with E-state index in [4.69, 9.17) is 4.11 Å². The van der Waals surface area contributed by atoms with E-state index in [-0.39, 0.29) is 36.9 Å². The Hall–Kier alpha value is -1.20. The molecule has 1 saturated carbocycles. The van der Waals surface area contributed by atoms with E-state index in [0.717, 1.165) is 44.9 Å². The third-order valence-corrected chi connectivity index (χ3v) is 5.46. The third kappa shape index (κ3) is 10.1. The summed E-state index contributed by atoms with van der Waals surface area (Å²) in [6, 6.07) is 0. The van der Waals surface area contributed by atoms with E-state index in [0.29, 0.717) is 12.3 Å². The summed E-state index contributed by atoms with van der Waals surface area (Å²) in [5.41, 5.74) is -1.94. The lowest BCUT2D eigenvalue weighted by Gasteiger charge is -2.22. The molecule has 1 aliphatic carbocycles. The Labute approximate surface area is 168 Å². The van der Waals surface area contributed by atoms with Crippen molar-refractivity contribution in [2.75, 3.05) is 7.11 Å². The number of ether oxygens (including phenoxy) is 1. The maximum atomic E-state index is 11.2. The fourth-order valence-electron chi connectivity index (χ4n) is 3.74. The number of aliphatic hydroxyl groups excluding tert-OH is 1. The van der Waals surface area contributed by atoms with Gasteiger partial charge in [-0.25, -0.2) is 0 Å². The lowest BCUT2D eigenvalue weighted by Crippen LogP contribution is -2.24. The fourth-order valence-corrected chi connectivity index (χ4v) is 3.74. The van der Waals surface area contributed by atoms with Crippen molar-refractivity contribution < 1.29 is 28.7 Å². The van der Waals surface area contributed by atoms with Gasteiger partial charge >= 0.3 is 5.97 Å². The van der Waals surface area contributed by atoms with Gasteiger partial charge in [0.2, 0.25) is 0 Å².